The van der Waals surface area contributed by atoms with Gasteiger partial charge in [-0.3, -0.25) is 4.57 Å². The second kappa shape index (κ2) is 18.0. The van der Waals surface area contributed by atoms with Crippen LogP contribution in [0, 0.1) is 11.6 Å². The molecule has 0 saturated heterocycles. The minimum Gasteiger partial charge on any atom is -0.457 e. The minimum atomic E-state index is -0.300. The van der Waals surface area contributed by atoms with Crippen molar-refractivity contribution < 1.29 is 13.5 Å². The molecule has 0 amide bonds. The van der Waals surface area contributed by atoms with E-state index in [0.29, 0.717) is 18.2 Å². The number of para-hydroxylation sites is 3. The summed E-state index contributed by atoms with van der Waals surface area (Å²) in [7, 11) is 0. The van der Waals surface area contributed by atoms with Crippen molar-refractivity contribution in [3.63, 3.8) is 0 Å². The van der Waals surface area contributed by atoms with Crippen LogP contribution >= 0.6 is 0 Å². The number of hydrogen-bond donors (Lipinski definition) is 0. The van der Waals surface area contributed by atoms with E-state index in [2.05, 4.69) is 203 Å². The summed E-state index contributed by atoms with van der Waals surface area (Å²) < 4.78 is 38.7. The average Bonchev–Trinajstić information content (AvgIpc) is 3.92. The molecule has 0 fully saturated rings. The van der Waals surface area contributed by atoms with Gasteiger partial charge in [0.15, 0.2) is 0 Å². The first-order valence-corrected chi connectivity index (χ1v) is 24.9. The SMILES string of the molecule is CC(C)c1ccccc1-c1cc(Oc2ccc3c4ccccc4n(-c4cc(C(C)(C)C)ccn4)c3c2)cc(N2CN(c3c(-c4ccc(F)cc4)cc(C(C)(C)C)cc3-c3ccc(F)cc3)c3ccccc32)c1. The monoisotopic (exact) mass is 948 g/mol. The van der Waals surface area contributed by atoms with E-state index in [1.54, 1.807) is 0 Å². The van der Waals surface area contributed by atoms with Crippen LogP contribution in [0.2, 0.25) is 0 Å². The van der Waals surface area contributed by atoms with Crippen molar-refractivity contribution in [1.82, 2.24) is 9.55 Å². The molecule has 0 atom stereocenters. The Morgan fingerprint density at radius 3 is 1.75 bits per heavy atom. The Kier molecular flexibility index (Phi) is 11.6. The van der Waals surface area contributed by atoms with Gasteiger partial charge in [-0.2, -0.15) is 0 Å². The lowest BCUT2D eigenvalue weighted by molar-refractivity contribution is 0.483. The molecule has 0 bridgehead atoms. The molecule has 358 valence electrons. The summed E-state index contributed by atoms with van der Waals surface area (Å²) in [5.41, 5.74) is 15.1. The van der Waals surface area contributed by atoms with Crippen molar-refractivity contribution in [2.24, 2.45) is 0 Å². The maximum absolute atomic E-state index is 14.7. The molecule has 0 N–H and O–H groups in total. The third kappa shape index (κ3) is 8.57. The molecule has 0 unspecified atom stereocenters. The zero-order valence-corrected chi connectivity index (χ0v) is 42.1. The van der Waals surface area contributed by atoms with Crippen molar-refractivity contribution in [2.75, 3.05) is 16.5 Å². The van der Waals surface area contributed by atoms with E-state index < -0.39 is 0 Å². The summed E-state index contributed by atoms with van der Waals surface area (Å²) in [6.07, 6.45) is 1.91. The number of ether oxygens (including phenoxy) is 1. The molecule has 3 heterocycles. The van der Waals surface area contributed by atoms with E-state index in [0.717, 1.165) is 89.3 Å². The molecule has 5 nitrogen and oxygen atoms in total. The molecule has 7 heteroatoms. The molecule has 1 aliphatic heterocycles. The van der Waals surface area contributed by atoms with Gasteiger partial charge in [-0.15, -0.1) is 0 Å². The van der Waals surface area contributed by atoms with E-state index in [1.807, 2.05) is 30.5 Å². The van der Waals surface area contributed by atoms with Gasteiger partial charge in [-0.25, -0.2) is 13.8 Å². The van der Waals surface area contributed by atoms with Crippen molar-refractivity contribution in [3.8, 4) is 50.7 Å². The molecule has 8 aromatic carbocycles. The van der Waals surface area contributed by atoms with Gasteiger partial charge in [0.2, 0.25) is 0 Å². The van der Waals surface area contributed by atoms with Gasteiger partial charge in [0.25, 0.3) is 0 Å². The summed E-state index contributed by atoms with van der Waals surface area (Å²) in [5.74, 6) is 1.93. The van der Waals surface area contributed by atoms with Crippen LogP contribution in [0.1, 0.15) is 78.0 Å². The molecule has 72 heavy (non-hydrogen) atoms. The summed E-state index contributed by atoms with van der Waals surface area (Å²) in [5, 5.41) is 2.26. The Morgan fingerprint density at radius 2 is 1.10 bits per heavy atom. The number of benzene rings is 8. The van der Waals surface area contributed by atoms with E-state index >= 15 is 0 Å². The lowest BCUT2D eigenvalue weighted by Crippen LogP contribution is -2.25. The molecule has 0 aliphatic carbocycles. The topological polar surface area (TPSA) is 33.5 Å². The zero-order valence-electron chi connectivity index (χ0n) is 42.1. The quantitative estimate of drug-likeness (QED) is 0.144. The number of anilines is 4. The fourth-order valence-corrected chi connectivity index (χ4v) is 10.3. The lowest BCUT2D eigenvalue weighted by atomic mass is 9.82. The van der Waals surface area contributed by atoms with Gasteiger partial charge >= 0.3 is 0 Å². The van der Waals surface area contributed by atoms with Gasteiger partial charge in [0.1, 0.15) is 35.6 Å². The highest BCUT2D eigenvalue weighted by atomic mass is 19.1. The molecular weight excluding hydrogens is 891 g/mol. The largest absolute Gasteiger partial charge is 0.457 e. The molecule has 1 aliphatic rings. The van der Waals surface area contributed by atoms with Crippen molar-refractivity contribution in [1.29, 1.82) is 0 Å². The highest BCUT2D eigenvalue weighted by Gasteiger charge is 2.33. The van der Waals surface area contributed by atoms with Gasteiger partial charge in [-0.1, -0.05) is 134 Å². The fourth-order valence-electron chi connectivity index (χ4n) is 10.3. The zero-order chi connectivity index (χ0) is 50.1. The predicted molar refractivity (Wildman–Crippen MR) is 295 cm³/mol. The number of rotatable bonds is 9. The van der Waals surface area contributed by atoms with Gasteiger partial charge in [0, 0.05) is 45.9 Å². The Balaban J connectivity index is 1.08. The highest BCUT2D eigenvalue weighted by molar-refractivity contribution is 6.09. The van der Waals surface area contributed by atoms with Crippen LogP contribution in [0.5, 0.6) is 11.5 Å². The average molecular weight is 949 g/mol. The van der Waals surface area contributed by atoms with Crippen molar-refractivity contribution >= 4 is 44.6 Å². The van der Waals surface area contributed by atoms with E-state index in [1.165, 1.54) is 35.4 Å². The summed E-state index contributed by atoms with van der Waals surface area (Å²) >= 11 is 0. The maximum atomic E-state index is 14.7. The Hall–Kier alpha value is -8.03. The number of pyridine rings is 1. The second-order valence-electron chi connectivity index (χ2n) is 21.4. The Labute approximate surface area is 421 Å². The number of fused-ring (bicyclic) bond motifs is 4. The number of nitrogens with zero attached hydrogens (tertiary/aromatic N) is 4. The van der Waals surface area contributed by atoms with Gasteiger partial charge < -0.3 is 14.5 Å². The molecule has 10 aromatic rings. The van der Waals surface area contributed by atoms with Crippen molar-refractivity contribution in [2.45, 2.75) is 72.1 Å². The van der Waals surface area contributed by atoms with Crippen LogP contribution in [0.25, 0.3) is 61.0 Å². The lowest BCUT2D eigenvalue weighted by Gasteiger charge is -2.30. The third-order valence-electron chi connectivity index (χ3n) is 14.1. The first-order valence-electron chi connectivity index (χ1n) is 24.9. The summed E-state index contributed by atoms with van der Waals surface area (Å²) in [6.45, 7) is 18.2. The Bertz CT molecular complexity index is 3610. The number of halogens is 2. The molecule has 2 aromatic heterocycles. The second-order valence-corrected chi connectivity index (χ2v) is 21.4. The first kappa shape index (κ1) is 46.4. The normalized spacial score (nSPS) is 12.9. The van der Waals surface area contributed by atoms with E-state index in [-0.39, 0.29) is 28.4 Å². The highest BCUT2D eigenvalue weighted by Crippen LogP contribution is 2.52. The summed E-state index contributed by atoms with van der Waals surface area (Å²) in [4.78, 5) is 9.63. The van der Waals surface area contributed by atoms with Crippen molar-refractivity contribution in [3.05, 3.63) is 217 Å². The smallest absolute Gasteiger partial charge is 0.137 e. The van der Waals surface area contributed by atoms with Crippen LogP contribution in [-0.2, 0) is 10.8 Å². The van der Waals surface area contributed by atoms with Crippen LogP contribution < -0.4 is 14.5 Å². The standard InChI is InChI=1S/C65H58F2N4O/c1-41(2)52-15-9-10-16-53(52)44-33-49(38-51(34-44)72-50-29-30-55-54-17-11-12-18-58(54)71(61(55)39-50)62-37-45(31-32-68-62)64(3,4)5)69-40-70(60-20-14-13-19-59(60)69)63-56(42-21-25-47(66)26-22-42)35-46(65(6,7)8)36-57(63)43-23-27-48(67)28-24-43/h9-39,41H,40H2,1-8H3. The van der Waals surface area contributed by atoms with Gasteiger partial charge in [0.05, 0.1) is 28.1 Å². The van der Waals surface area contributed by atoms with E-state index in [9.17, 15) is 8.78 Å². The molecular formula is C65H58F2N4O. The summed E-state index contributed by atoms with van der Waals surface area (Å²) in [6, 6.07) is 60.8. The Morgan fingerprint density at radius 1 is 0.500 bits per heavy atom. The molecule has 0 spiro atoms. The van der Waals surface area contributed by atoms with E-state index in [4.69, 9.17) is 9.72 Å². The predicted octanol–water partition coefficient (Wildman–Crippen LogP) is 18.2. The van der Waals surface area contributed by atoms with Crippen LogP contribution in [0.3, 0.4) is 0 Å². The van der Waals surface area contributed by atoms with Gasteiger partial charge in [-0.05, 0) is 147 Å². The first-order chi connectivity index (χ1) is 34.6. The number of aromatic nitrogens is 2. The number of hydrogen-bond acceptors (Lipinski definition) is 4. The minimum absolute atomic E-state index is 0.0544. The van der Waals surface area contributed by atoms with Crippen LogP contribution in [-0.4, -0.2) is 16.2 Å². The molecule has 11 rings (SSSR count). The van der Waals surface area contributed by atoms with Crippen LogP contribution in [0.15, 0.2) is 188 Å². The molecule has 0 saturated carbocycles. The molecule has 0 radical (unpaired) electrons. The third-order valence-corrected chi connectivity index (χ3v) is 14.1. The fraction of sp³-hybridized carbons (Fsp3) is 0.185. The maximum Gasteiger partial charge on any atom is 0.137 e. The van der Waals surface area contributed by atoms with Crippen LogP contribution in [0.4, 0.5) is 31.5 Å².